The van der Waals surface area contributed by atoms with Crippen LogP contribution in [0.2, 0.25) is 0 Å². The molecule has 33 heavy (non-hydrogen) atoms. The number of imidazole rings is 1. The maximum absolute atomic E-state index is 13.2. The third-order valence-corrected chi connectivity index (χ3v) is 5.86. The second-order valence-electron chi connectivity index (χ2n) is 8.01. The van der Waals surface area contributed by atoms with Crippen molar-refractivity contribution in [2.24, 2.45) is 0 Å². The monoisotopic (exact) mass is 458 g/mol. The Morgan fingerprint density at radius 3 is 2.79 bits per heavy atom. The number of alkyl halides is 3. The Bertz CT molecular complexity index is 1210. The number of benzene rings is 1. The van der Waals surface area contributed by atoms with Crippen molar-refractivity contribution in [2.45, 2.75) is 38.4 Å². The number of carbonyl (C=O) groups excluding carboxylic acids is 1. The van der Waals surface area contributed by atoms with E-state index in [2.05, 4.69) is 20.3 Å². The number of aromatic nitrogens is 4. The van der Waals surface area contributed by atoms with E-state index in [0.717, 1.165) is 17.5 Å². The van der Waals surface area contributed by atoms with E-state index in [9.17, 15) is 18.0 Å². The topological polar surface area (TPSA) is 85.2 Å². The zero-order valence-electron chi connectivity index (χ0n) is 17.8. The van der Waals surface area contributed by atoms with Gasteiger partial charge in [-0.15, -0.1) is 0 Å². The van der Waals surface area contributed by atoms with Gasteiger partial charge in [0.05, 0.1) is 30.2 Å². The highest BCUT2D eigenvalue weighted by Crippen LogP contribution is 2.34. The number of hydrogen-bond donors (Lipinski definition) is 1. The molecule has 1 saturated heterocycles. The van der Waals surface area contributed by atoms with E-state index >= 15 is 0 Å². The molecule has 11 heteroatoms. The zero-order valence-corrected chi connectivity index (χ0v) is 17.8. The van der Waals surface area contributed by atoms with Crippen molar-refractivity contribution >= 4 is 17.9 Å². The van der Waals surface area contributed by atoms with Crippen LogP contribution in [-0.2, 0) is 23.8 Å². The van der Waals surface area contributed by atoms with Crippen LogP contribution in [0.3, 0.4) is 0 Å². The van der Waals surface area contributed by atoms with Crippen LogP contribution in [0.4, 0.5) is 29.7 Å². The van der Waals surface area contributed by atoms with Crippen LogP contribution < -0.4 is 10.2 Å². The number of nitrogens with one attached hydrogen (secondary N) is 1. The van der Waals surface area contributed by atoms with Gasteiger partial charge in [0, 0.05) is 17.6 Å². The first-order valence-electron chi connectivity index (χ1n) is 10.6. The molecule has 0 spiro atoms. The number of nitrogens with zero attached hydrogens (tertiary/aromatic N) is 5. The Balaban J connectivity index is 1.41. The van der Waals surface area contributed by atoms with Crippen LogP contribution in [0.5, 0.6) is 0 Å². The molecule has 8 nitrogen and oxygen atoms in total. The van der Waals surface area contributed by atoms with Crippen molar-refractivity contribution in [3.05, 3.63) is 59.3 Å². The SMILES string of the molecule is CC(Nc1nccc(N2CCOC2=O)n1)c1ncn2c1CCCc1cc(C(F)(F)F)ccc1-2. The molecule has 1 fully saturated rings. The first-order chi connectivity index (χ1) is 15.8. The van der Waals surface area contributed by atoms with Crippen molar-refractivity contribution in [1.82, 2.24) is 19.5 Å². The maximum atomic E-state index is 13.2. The average Bonchev–Trinajstić information content (AvgIpc) is 3.35. The minimum atomic E-state index is -4.37. The number of hydrogen-bond acceptors (Lipinski definition) is 6. The van der Waals surface area contributed by atoms with Crippen LogP contribution in [0.1, 0.15) is 41.9 Å². The number of anilines is 2. The van der Waals surface area contributed by atoms with E-state index in [1.807, 2.05) is 11.5 Å². The lowest BCUT2D eigenvalue weighted by Gasteiger charge is -2.17. The first-order valence-corrected chi connectivity index (χ1v) is 10.6. The molecule has 0 bridgehead atoms. The average molecular weight is 458 g/mol. The van der Waals surface area contributed by atoms with Gasteiger partial charge < -0.3 is 14.6 Å². The number of halogens is 3. The van der Waals surface area contributed by atoms with Crippen molar-refractivity contribution in [2.75, 3.05) is 23.4 Å². The zero-order chi connectivity index (χ0) is 23.2. The Hall–Kier alpha value is -3.63. The summed E-state index contributed by atoms with van der Waals surface area (Å²) < 4.78 is 46.3. The quantitative estimate of drug-likeness (QED) is 0.628. The van der Waals surface area contributed by atoms with E-state index in [-0.39, 0.29) is 6.04 Å². The molecule has 172 valence electrons. The molecule has 0 radical (unpaired) electrons. The summed E-state index contributed by atoms with van der Waals surface area (Å²) >= 11 is 0. The summed E-state index contributed by atoms with van der Waals surface area (Å²) in [5.41, 5.74) is 2.44. The van der Waals surface area contributed by atoms with Gasteiger partial charge in [-0.2, -0.15) is 18.2 Å². The van der Waals surface area contributed by atoms with Gasteiger partial charge in [-0.1, -0.05) is 0 Å². The van der Waals surface area contributed by atoms with E-state index in [0.29, 0.717) is 55.4 Å². The van der Waals surface area contributed by atoms with Crippen LogP contribution >= 0.6 is 0 Å². The minimum Gasteiger partial charge on any atom is -0.447 e. The fourth-order valence-electron chi connectivity index (χ4n) is 4.28. The normalized spacial score (nSPS) is 16.6. The molecule has 1 amide bonds. The summed E-state index contributed by atoms with van der Waals surface area (Å²) in [6.45, 7) is 2.66. The molecule has 1 atom stereocenters. The lowest BCUT2D eigenvalue weighted by Crippen LogP contribution is -2.25. The van der Waals surface area contributed by atoms with Crippen molar-refractivity contribution < 1.29 is 22.7 Å². The summed E-state index contributed by atoms with van der Waals surface area (Å²) in [6, 6.07) is 5.22. The predicted molar refractivity (Wildman–Crippen MR) is 113 cm³/mol. The number of amides is 1. The number of rotatable bonds is 4. The summed E-state index contributed by atoms with van der Waals surface area (Å²) in [5, 5.41) is 3.22. The highest BCUT2D eigenvalue weighted by molar-refractivity contribution is 5.88. The molecule has 5 rings (SSSR count). The van der Waals surface area contributed by atoms with E-state index in [1.54, 1.807) is 18.6 Å². The lowest BCUT2D eigenvalue weighted by atomic mass is 10.0. The van der Waals surface area contributed by atoms with Gasteiger partial charge in [0.1, 0.15) is 12.4 Å². The fraction of sp³-hybridized carbons (Fsp3) is 0.364. The minimum absolute atomic E-state index is 0.266. The highest BCUT2D eigenvalue weighted by atomic mass is 19.4. The van der Waals surface area contributed by atoms with Gasteiger partial charge in [-0.3, -0.25) is 4.90 Å². The molecule has 2 aliphatic rings. The largest absolute Gasteiger partial charge is 0.447 e. The number of fused-ring (bicyclic) bond motifs is 3. The number of cyclic esters (lactones) is 1. The van der Waals surface area contributed by atoms with Crippen molar-refractivity contribution in [3.63, 3.8) is 0 Å². The molecule has 0 aliphatic carbocycles. The second-order valence-corrected chi connectivity index (χ2v) is 8.01. The lowest BCUT2D eigenvalue weighted by molar-refractivity contribution is -0.137. The van der Waals surface area contributed by atoms with E-state index < -0.39 is 17.8 Å². The Kier molecular flexibility index (Phi) is 5.18. The molecule has 0 saturated carbocycles. The molecule has 2 aliphatic heterocycles. The Morgan fingerprint density at radius 1 is 1.18 bits per heavy atom. The third-order valence-electron chi connectivity index (χ3n) is 5.86. The maximum Gasteiger partial charge on any atom is 0.416 e. The van der Waals surface area contributed by atoms with E-state index in [4.69, 9.17) is 4.74 Å². The molecule has 1 aromatic carbocycles. The Morgan fingerprint density at radius 2 is 2.03 bits per heavy atom. The molecule has 4 heterocycles. The van der Waals surface area contributed by atoms with Crippen molar-refractivity contribution in [1.29, 1.82) is 0 Å². The molecule has 3 aromatic rings. The molecule has 2 aromatic heterocycles. The number of ether oxygens (including phenoxy) is 1. The fourth-order valence-corrected chi connectivity index (χ4v) is 4.28. The van der Waals surface area contributed by atoms with Crippen LogP contribution in [0.15, 0.2) is 36.8 Å². The summed E-state index contributed by atoms with van der Waals surface area (Å²) in [4.78, 5) is 26.5. The van der Waals surface area contributed by atoms with E-state index in [1.165, 1.54) is 17.0 Å². The number of carbonyl (C=O) groups is 1. The smallest absolute Gasteiger partial charge is 0.416 e. The molecular weight excluding hydrogens is 437 g/mol. The van der Waals surface area contributed by atoms with Crippen molar-refractivity contribution in [3.8, 4) is 5.69 Å². The predicted octanol–water partition coefficient (Wildman–Crippen LogP) is 4.30. The second kappa shape index (κ2) is 8.05. The van der Waals surface area contributed by atoms with Gasteiger partial charge in [0.2, 0.25) is 5.95 Å². The number of aryl methyl sites for hydroxylation is 1. The highest BCUT2D eigenvalue weighted by Gasteiger charge is 2.32. The van der Waals surface area contributed by atoms with Gasteiger partial charge in [0.25, 0.3) is 0 Å². The van der Waals surface area contributed by atoms with Gasteiger partial charge in [0.15, 0.2) is 0 Å². The first kappa shape index (κ1) is 21.2. The molecular formula is C22H21F3N6O2. The summed E-state index contributed by atoms with van der Waals surface area (Å²) in [6.07, 6.45) is 0.339. The summed E-state index contributed by atoms with van der Waals surface area (Å²) in [5.74, 6) is 0.783. The van der Waals surface area contributed by atoms with Crippen LogP contribution in [0, 0.1) is 0 Å². The van der Waals surface area contributed by atoms with Gasteiger partial charge >= 0.3 is 12.3 Å². The van der Waals surface area contributed by atoms with Crippen LogP contribution in [-0.4, -0.2) is 38.8 Å². The summed E-state index contributed by atoms with van der Waals surface area (Å²) in [7, 11) is 0. The molecule has 1 unspecified atom stereocenters. The van der Waals surface area contributed by atoms with Crippen LogP contribution in [0.25, 0.3) is 5.69 Å². The third kappa shape index (κ3) is 3.98. The van der Waals surface area contributed by atoms with Gasteiger partial charge in [-0.05, 0) is 56.0 Å². The Labute approximate surface area is 187 Å². The standard InChI is InChI=1S/C22H21F3N6O2/c1-13(28-20-26-8-7-18(29-20)30-9-10-33-21(30)32)19-17-4-2-3-14-11-15(22(23,24)25)5-6-16(14)31(17)12-27-19/h5-8,11-13H,2-4,9-10H2,1H3,(H,26,28,29). The molecule has 1 N–H and O–H groups in total. The van der Waals surface area contributed by atoms with Gasteiger partial charge in [-0.25, -0.2) is 14.8 Å².